The Bertz CT molecular complexity index is 807. The summed E-state index contributed by atoms with van der Waals surface area (Å²) in [5, 5.41) is 8.83. The van der Waals surface area contributed by atoms with E-state index in [9.17, 15) is 0 Å². The summed E-state index contributed by atoms with van der Waals surface area (Å²) in [7, 11) is 0. The molecule has 3 nitrogen and oxygen atoms in total. The van der Waals surface area contributed by atoms with E-state index in [-0.39, 0.29) is 0 Å². The molecule has 0 radical (unpaired) electrons. The van der Waals surface area contributed by atoms with Crippen molar-refractivity contribution in [3.63, 3.8) is 0 Å². The smallest absolute Gasteiger partial charge is 0.0659 e. The number of hydrogen-bond donors (Lipinski definition) is 1. The molecule has 1 saturated carbocycles. The van der Waals surface area contributed by atoms with E-state index in [0.717, 1.165) is 24.0 Å². The number of benzene rings is 2. The summed E-state index contributed by atoms with van der Waals surface area (Å²) in [5.41, 5.74) is 3.92. The summed E-state index contributed by atoms with van der Waals surface area (Å²) < 4.78 is 1.95. The molecule has 0 saturated heterocycles. The largest absolute Gasteiger partial charge is 0.306 e. The van der Waals surface area contributed by atoms with Crippen LogP contribution in [-0.2, 0) is 13.1 Å². The molecule has 1 aliphatic rings. The van der Waals surface area contributed by atoms with E-state index in [4.69, 9.17) is 11.6 Å². The van der Waals surface area contributed by atoms with Gasteiger partial charge in [-0.25, -0.2) is 0 Å². The van der Waals surface area contributed by atoms with Gasteiger partial charge < -0.3 is 5.32 Å². The van der Waals surface area contributed by atoms with Gasteiger partial charge in [-0.05, 0) is 53.6 Å². The minimum atomic E-state index is 0.409. The first-order valence-electron chi connectivity index (χ1n) is 8.82. The Morgan fingerprint density at radius 3 is 2.60 bits per heavy atom. The quantitative estimate of drug-likeness (QED) is 0.661. The van der Waals surface area contributed by atoms with E-state index in [1.165, 1.54) is 29.5 Å². The van der Waals surface area contributed by atoms with Crippen molar-refractivity contribution in [3.8, 4) is 0 Å². The molecule has 4 heteroatoms. The first kappa shape index (κ1) is 16.4. The van der Waals surface area contributed by atoms with E-state index in [0.29, 0.717) is 6.04 Å². The molecule has 0 aliphatic heterocycles. The Hall–Kier alpha value is -2.10. The van der Waals surface area contributed by atoms with Gasteiger partial charge in [0.25, 0.3) is 0 Å². The minimum absolute atomic E-state index is 0.409. The SMILES string of the molecule is Clc1ccc([C@@H](NCc2cccc(Cn3cccn3)c2)C2CC2)cc1. The fourth-order valence-electron chi connectivity index (χ4n) is 3.30. The first-order chi connectivity index (χ1) is 12.3. The first-order valence-corrected chi connectivity index (χ1v) is 9.20. The van der Waals surface area contributed by atoms with Gasteiger partial charge >= 0.3 is 0 Å². The number of halogens is 1. The molecule has 1 aliphatic carbocycles. The lowest BCUT2D eigenvalue weighted by Crippen LogP contribution is -2.22. The fraction of sp³-hybridized carbons (Fsp3) is 0.286. The van der Waals surface area contributed by atoms with Crippen LogP contribution in [0.15, 0.2) is 67.0 Å². The summed E-state index contributed by atoms with van der Waals surface area (Å²) in [6, 6.07) is 19.4. The molecule has 4 rings (SSSR count). The highest BCUT2D eigenvalue weighted by atomic mass is 35.5. The summed E-state index contributed by atoms with van der Waals surface area (Å²) in [6.45, 7) is 1.68. The Morgan fingerprint density at radius 1 is 1.08 bits per heavy atom. The van der Waals surface area contributed by atoms with Gasteiger partial charge in [-0.3, -0.25) is 4.68 Å². The Morgan fingerprint density at radius 2 is 1.88 bits per heavy atom. The highest BCUT2D eigenvalue weighted by Crippen LogP contribution is 2.41. The van der Waals surface area contributed by atoms with Crippen LogP contribution in [0.2, 0.25) is 5.02 Å². The van der Waals surface area contributed by atoms with E-state index in [1.54, 1.807) is 0 Å². The van der Waals surface area contributed by atoms with Gasteiger partial charge in [-0.15, -0.1) is 0 Å². The molecule has 1 aromatic heterocycles. The molecule has 2 aromatic carbocycles. The van der Waals surface area contributed by atoms with Crippen molar-refractivity contribution in [1.82, 2.24) is 15.1 Å². The molecule has 0 bridgehead atoms. The molecule has 0 spiro atoms. The van der Waals surface area contributed by atoms with Gasteiger partial charge in [0.05, 0.1) is 6.54 Å². The molecular weight excluding hydrogens is 330 g/mol. The second kappa shape index (κ2) is 7.42. The van der Waals surface area contributed by atoms with E-state index in [1.807, 2.05) is 35.3 Å². The summed E-state index contributed by atoms with van der Waals surface area (Å²) in [5.74, 6) is 0.744. The van der Waals surface area contributed by atoms with Crippen LogP contribution in [0, 0.1) is 5.92 Å². The maximum Gasteiger partial charge on any atom is 0.0659 e. The molecule has 128 valence electrons. The fourth-order valence-corrected chi connectivity index (χ4v) is 3.43. The zero-order chi connectivity index (χ0) is 17.1. The third kappa shape index (κ3) is 4.30. The number of rotatable bonds is 7. The number of nitrogens with zero attached hydrogens (tertiary/aromatic N) is 2. The van der Waals surface area contributed by atoms with Gasteiger partial charge in [0.1, 0.15) is 0 Å². The Kier molecular flexibility index (Phi) is 4.86. The van der Waals surface area contributed by atoms with Crippen LogP contribution in [0.3, 0.4) is 0 Å². The molecule has 3 aromatic rings. The molecule has 1 heterocycles. The molecule has 0 unspecified atom stereocenters. The van der Waals surface area contributed by atoms with Gasteiger partial charge in [0.15, 0.2) is 0 Å². The minimum Gasteiger partial charge on any atom is -0.306 e. The van der Waals surface area contributed by atoms with Crippen molar-refractivity contribution in [1.29, 1.82) is 0 Å². The van der Waals surface area contributed by atoms with E-state index < -0.39 is 0 Å². The second-order valence-corrected chi connectivity index (χ2v) is 7.21. The number of hydrogen-bond acceptors (Lipinski definition) is 2. The van der Waals surface area contributed by atoms with Gasteiger partial charge in [-0.1, -0.05) is 48.0 Å². The van der Waals surface area contributed by atoms with Gasteiger partial charge in [0, 0.05) is 30.0 Å². The summed E-state index contributed by atoms with van der Waals surface area (Å²) >= 11 is 6.03. The maximum absolute atomic E-state index is 6.03. The zero-order valence-corrected chi connectivity index (χ0v) is 14.9. The molecular formula is C21H22ClN3. The third-order valence-electron chi connectivity index (χ3n) is 4.74. The molecule has 25 heavy (non-hydrogen) atoms. The zero-order valence-electron chi connectivity index (χ0n) is 14.1. The normalized spacial score (nSPS) is 15.2. The number of nitrogens with one attached hydrogen (secondary N) is 1. The lowest BCUT2D eigenvalue weighted by atomic mass is 10.0. The standard InChI is InChI=1S/C21H22ClN3/c22-20-9-7-19(8-10-20)21(18-5-6-18)23-14-16-3-1-4-17(13-16)15-25-12-2-11-24-25/h1-4,7-13,18,21,23H,5-6,14-15H2/t21-/m0/s1. The van der Waals surface area contributed by atoms with Gasteiger partial charge in [-0.2, -0.15) is 5.10 Å². The lowest BCUT2D eigenvalue weighted by molar-refractivity contribution is 0.480. The molecule has 1 N–H and O–H groups in total. The topological polar surface area (TPSA) is 29.9 Å². The second-order valence-electron chi connectivity index (χ2n) is 6.77. The third-order valence-corrected chi connectivity index (χ3v) is 5.00. The average Bonchev–Trinajstić information content (AvgIpc) is 3.34. The van der Waals surface area contributed by atoms with Crippen molar-refractivity contribution in [3.05, 3.63) is 88.7 Å². The van der Waals surface area contributed by atoms with Crippen molar-refractivity contribution in [2.45, 2.75) is 32.0 Å². The Balaban J connectivity index is 1.43. The van der Waals surface area contributed by atoms with Crippen LogP contribution in [0.5, 0.6) is 0 Å². The van der Waals surface area contributed by atoms with E-state index in [2.05, 4.69) is 46.8 Å². The highest BCUT2D eigenvalue weighted by Gasteiger charge is 2.31. The maximum atomic E-state index is 6.03. The molecule has 1 atom stereocenters. The number of aromatic nitrogens is 2. The average molecular weight is 352 g/mol. The van der Waals surface area contributed by atoms with Crippen molar-refractivity contribution in [2.75, 3.05) is 0 Å². The van der Waals surface area contributed by atoms with Gasteiger partial charge in [0.2, 0.25) is 0 Å². The molecule has 1 fully saturated rings. The predicted octanol–water partition coefficient (Wildman–Crippen LogP) is 4.83. The van der Waals surface area contributed by atoms with Crippen LogP contribution < -0.4 is 5.32 Å². The van der Waals surface area contributed by atoms with Crippen molar-refractivity contribution < 1.29 is 0 Å². The monoisotopic (exact) mass is 351 g/mol. The predicted molar refractivity (Wildman–Crippen MR) is 102 cm³/mol. The van der Waals surface area contributed by atoms with Crippen LogP contribution in [0.4, 0.5) is 0 Å². The molecule has 0 amide bonds. The summed E-state index contributed by atoms with van der Waals surface area (Å²) in [6.07, 6.45) is 6.42. The van der Waals surface area contributed by atoms with Crippen LogP contribution in [-0.4, -0.2) is 9.78 Å². The Labute approximate surface area is 153 Å². The van der Waals surface area contributed by atoms with Crippen molar-refractivity contribution >= 4 is 11.6 Å². The lowest BCUT2D eigenvalue weighted by Gasteiger charge is -2.19. The van der Waals surface area contributed by atoms with E-state index >= 15 is 0 Å². The summed E-state index contributed by atoms with van der Waals surface area (Å²) in [4.78, 5) is 0. The highest BCUT2D eigenvalue weighted by molar-refractivity contribution is 6.30. The van der Waals surface area contributed by atoms with Crippen LogP contribution in [0.1, 0.15) is 35.6 Å². The van der Waals surface area contributed by atoms with Crippen LogP contribution >= 0.6 is 11.6 Å². The van der Waals surface area contributed by atoms with Crippen LogP contribution in [0.25, 0.3) is 0 Å². The van der Waals surface area contributed by atoms with Crippen molar-refractivity contribution in [2.24, 2.45) is 5.92 Å².